The molecule has 3 aromatic rings. The molecule has 0 unspecified atom stereocenters. The Morgan fingerprint density at radius 2 is 1.44 bits per heavy atom. The molecule has 0 spiro atoms. The van der Waals surface area contributed by atoms with Crippen molar-refractivity contribution in [3.8, 4) is 0 Å². The number of benzene rings is 2. The van der Waals surface area contributed by atoms with E-state index in [-0.39, 0.29) is 0 Å². The zero-order chi connectivity index (χ0) is 12.5. The Kier molecular flexibility index (Phi) is 2.45. The molecule has 0 fully saturated rings. The minimum absolute atomic E-state index is 0.350. The average Bonchev–Trinajstić information content (AvgIpc) is 2.73. The van der Waals surface area contributed by atoms with Crippen LogP contribution in [0, 0.1) is 10.8 Å². The van der Waals surface area contributed by atoms with Crippen molar-refractivity contribution < 1.29 is 0 Å². The van der Waals surface area contributed by atoms with E-state index in [1.54, 1.807) is 0 Å². The lowest BCUT2D eigenvalue weighted by molar-refractivity contribution is 1.18. The van der Waals surface area contributed by atoms with Crippen molar-refractivity contribution in [2.24, 2.45) is 0 Å². The van der Waals surface area contributed by atoms with E-state index in [0.717, 1.165) is 21.8 Å². The Hall–Kier alpha value is -2.42. The summed E-state index contributed by atoms with van der Waals surface area (Å²) in [5.41, 5.74) is 2.07. The standard InChI is InChI=1S/C15H13N3/c16-10-9-15(17)18-13-7-3-1-5-11(13)12-6-2-4-8-14(12)18/h1-8,10,16-17H,9H2. The Labute approximate surface area is 105 Å². The summed E-state index contributed by atoms with van der Waals surface area (Å²) < 4.78 is 1.93. The maximum Gasteiger partial charge on any atom is 0.110 e. The molecule has 3 heteroatoms. The van der Waals surface area contributed by atoms with Crippen LogP contribution in [0.15, 0.2) is 48.5 Å². The third-order valence-corrected chi connectivity index (χ3v) is 3.15. The Morgan fingerprint density at radius 3 is 1.94 bits per heavy atom. The third-order valence-electron chi connectivity index (χ3n) is 3.15. The quantitative estimate of drug-likeness (QED) is 0.503. The van der Waals surface area contributed by atoms with E-state index >= 15 is 0 Å². The number of para-hydroxylation sites is 2. The van der Waals surface area contributed by atoms with Gasteiger partial charge in [0, 0.05) is 23.4 Å². The number of rotatable bonds is 2. The lowest BCUT2D eigenvalue weighted by atomic mass is 10.2. The molecule has 0 bridgehead atoms. The summed E-state index contributed by atoms with van der Waals surface area (Å²) in [6, 6.07) is 16.2. The van der Waals surface area contributed by atoms with Gasteiger partial charge in [0.2, 0.25) is 0 Å². The van der Waals surface area contributed by atoms with Gasteiger partial charge in [0.1, 0.15) is 5.84 Å². The molecule has 88 valence electrons. The molecule has 1 aromatic heterocycles. The van der Waals surface area contributed by atoms with Gasteiger partial charge >= 0.3 is 0 Å². The predicted molar refractivity (Wildman–Crippen MR) is 76.0 cm³/mol. The highest BCUT2D eigenvalue weighted by Gasteiger charge is 2.11. The monoisotopic (exact) mass is 235 g/mol. The van der Waals surface area contributed by atoms with Crippen LogP contribution in [0.3, 0.4) is 0 Å². The number of hydrogen-bond acceptors (Lipinski definition) is 2. The number of nitrogens with one attached hydrogen (secondary N) is 2. The van der Waals surface area contributed by atoms with E-state index in [2.05, 4.69) is 12.1 Å². The first-order valence-corrected chi connectivity index (χ1v) is 5.88. The smallest absolute Gasteiger partial charge is 0.110 e. The molecular weight excluding hydrogens is 222 g/mol. The van der Waals surface area contributed by atoms with Gasteiger partial charge in [0.15, 0.2) is 0 Å². The maximum absolute atomic E-state index is 8.12. The van der Waals surface area contributed by atoms with Gasteiger partial charge in [-0.25, -0.2) is 0 Å². The molecule has 0 aliphatic rings. The van der Waals surface area contributed by atoms with Gasteiger partial charge in [-0.3, -0.25) is 9.98 Å². The summed E-state index contributed by atoms with van der Waals surface area (Å²) in [7, 11) is 0. The van der Waals surface area contributed by atoms with Crippen LogP contribution in [0.25, 0.3) is 21.8 Å². The first-order chi connectivity index (χ1) is 8.83. The summed E-state index contributed by atoms with van der Waals surface area (Å²) in [5.74, 6) is 0.433. The molecule has 1 heterocycles. The normalized spacial score (nSPS) is 10.9. The van der Waals surface area contributed by atoms with Crippen LogP contribution in [0.5, 0.6) is 0 Å². The molecule has 0 saturated carbocycles. The van der Waals surface area contributed by atoms with Crippen molar-refractivity contribution in [1.29, 1.82) is 10.8 Å². The Morgan fingerprint density at radius 1 is 0.944 bits per heavy atom. The minimum atomic E-state index is 0.350. The predicted octanol–water partition coefficient (Wildman–Crippen LogP) is 3.66. The van der Waals surface area contributed by atoms with Crippen molar-refractivity contribution in [3.63, 3.8) is 0 Å². The molecule has 2 aromatic carbocycles. The minimum Gasteiger partial charge on any atom is -0.313 e. The summed E-state index contributed by atoms with van der Waals surface area (Å²) in [6.07, 6.45) is 1.62. The van der Waals surface area contributed by atoms with E-state index in [1.165, 1.54) is 6.21 Å². The van der Waals surface area contributed by atoms with Crippen molar-refractivity contribution in [2.45, 2.75) is 6.42 Å². The summed E-state index contributed by atoms with van der Waals surface area (Å²) >= 11 is 0. The Balaban J connectivity index is 2.45. The topological polar surface area (TPSA) is 52.6 Å². The molecule has 0 saturated heterocycles. The molecule has 0 aliphatic heterocycles. The summed E-state index contributed by atoms with van der Waals surface area (Å²) in [4.78, 5) is 0. The van der Waals surface area contributed by atoms with Crippen LogP contribution in [0.1, 0.15) is 6.42 Å². The zero-order valence-corrected chi connectivity index (χ0v) is 9.85. The SMILES string of the molecule is N=CCC(=N)n1c2ccccc2c2ccccc21. The van der Waals surface area contributed by atoms with Crippen molar-refractivity contribution in [1.82, 2.24) is 4.57 Å². The van der Waals surface area contributed by atoms with Gasteiger partial charge in [0.25, 0.3) is 0 Å². The molecule has 0 aliphatic carbocycles. The number of hydrogen-bond donors (Lipinski definition) is 2. The fourth-order valence-corrected chi connectivity index (χ4v) is 2.40. The summed E-state index contributed by atoms with van der Waals surface area (Å²) in [6.45, 7) is 0. The van der Waals surface area contributed by atoms with Crippen LogP contribution in [-0.2, 0) is 0 Å². The lowest BCUT2D eigenvalue weighted by Gasteiger charge is -2.06. The number of nitrogens with zero attached hydrogens (tertiary/aromatic N) is 1. The highest BCUT2D eigenvalue weighted by molar-refractivity contribution is 6.14. The van der Waals surface area contributed by atoms with Gasteiger partial charge in [-0.05, 0) is 12.1 Å². The molecule has 0 amide bonds. The third kappa shape index (κ3) is 1.44. The van der Waals surface area contributed by atoms with Crippen molar-refractivity contribution >= 4 is 33.9 Å². The molecule has 0 atom stereocenters. The first-order valence-electron chi connectivity index (χ1n) is 5.88. The molecule has 2 N–H and O–H groups in total. The second kappa shape index (κ2) is 4.11. The fourth-order valence-electron chi connectivity index (χ4n) is 2.40. The van der Waals surface area contributed by atoms with Crippen LogP contribution >= 0.6 is 0 Å². The van der Waals surface area contributed by atoms with E-state index < -0.39 is 0 Å². The van der Waals surface area contributed by atoms with E-state index in [0.29, 0.717) is 12.3 Å². The highest BCUT2D eigenvalue weighted by atomic mass is 15.0. The lowest BCUT2D eigenvalue weighted by Crippen LogP contribution is -2.10. The largest absolute Gasteiger partial charge is 0.313 e. The van der Waals surface area contributed by atoms with Crippen molar-refractivity contribution in [2.75, 3.05) is 0 Å². The van der Waals surface area contributed by atoms with Crippen LogP contribution in [0.2, 0.25) is 0 Å². The van der Waals surface area contributed by atoms with Gasteiger partial charge in [-0.1, -0.05) is 36.4 Å². The van der Waals surface area contributed by atoms with Gasteiger partial charge < -0.3 is 5.41 Å². The molecule has 18 heavy (non-hydrogen) atoms. The van der Waals surface area contributed by atoms with Gasteiger partial charge in [-0.15, -0.1) is 0 Å². The van der Waals surface area contributed by atoms with Gasteiger partial charge in [0.05, 0.1) is 11.0 Å². The van der Waals surface area contributed by atoms with Crippen LogP contribution < -0.4 is 0 Å². The maximum atomic E-state index is 8.12. The second-order valence-electron chi connectivity index (χ2n) is 4.22. The molecule has 0 radical (unpaired) electrons. The molecule has 3 nitrogen and oxygen atoms in total. The first kappa shape index (κ1) is 10.7. The van der Waals surface area contributed by atoms with Gasteiger partial charge in [-0.2, -0.15) is 0 Å². The Bertz CT molecular complexity index is 699. The van der Waals surface area contributed by atoms with E-state index in [9.17, 15) is 0 Å². The molecular formula is C15H13N3. The van der Waals surface area contributed by atoms with E-state index in [4.69, 9.17) is 10.8 Å². The zero-order valence-electron chi connectivity index (χ0n) is 9.85. The molecule has 3 rings (SSSR count). The second-order valence-corrected chi connectivity index (χ2v) is 4.22. The van der Waals surface area contributed by atoms with Crippen LogP contribution in [0.4, 0.5) is 0 Å². The highest BCUT2D eigenvalue weighted by Crippen LogP contribution is 2.28. The van der Waals surface area contributed by atoms with E-state index in [1.807, 2.05) is 41.0 Å². The average molecular weight is 235 g/mol. The number of fused-ring (bicyclic) bond motifs is 3. The van der Waals surface area contributed by atoms with Crippen molar-refractivity contribution in [3.05, 3.63) is 48.5 Å². The fraction of sp³-hybridized carbons (Fsp3) is 0.0667. The number of aromatic nitrogens is 1. The summed E-state index contributed by atoms with van der Waals surface area (Å²) in [5, 5.41) is 17.6. The van der Waals surface area contributed by atoms with Crippen LogP contribution in [-0.4, -0.2) is 16.6 Å².